The van der Waals surface area contributed by atoms with E-state index in [1.54, 1.807) is 29.2 Å². The largest absolute Gasteiger partial charge is 0.444 e. The van der Waals surface area contributed by atoms with Gasteiger partial charge in [0.15, 0.2) is 0 Å². The summed E-state index contributed by atoms with van der Waals surface area (Å²) >= 11 is 5.56. The second kappa shape index (κ2) is 16.9. The number of carbonyl (C=O) groups is 2. The maximum atomic E-state index is 12.9. The van der Waals surface area contributed by atoms with E-state index in [-0.39, 0.29) is 6.61 Å². The van der Waals surface area contributed by atoms with Gasteiger partial charge in [0.25, 0.3) is 5.24 Å². The molecule has 34 heavy (non-hydrogen) atoms. The van der Waals surface area contributed by atoms with E-state index < -0.39 is 11.3 Å². The fraction of sp³-hybridized carbons (Fsp3) is 0.448. The quantitative estimate of drug-likeness (QED) is 0.136. The van der Waals surface area contributed by atoms with Crippen molar-refractivity contribution in [3.63, 3.8) is 0 Å². The summed E-state index contributed by atoms with van der Waals surface area (Å²) in [4.78, 5) is 25.9. The lowest BCUT2D eigenvalue weighted by atomic mass is 10.1. The van der Waals surface area contributed by atoms with E-state index in [1.807, 2.05) is 30.3 Å². The number of nitrogens with zero attached hydrogens (tertiary/aromatic N) is 1. The van der Waals surface area contributed by atoms with Crippen molar-refractivity contribution in [3.8, 4) is 0 Å². The predicted octanol–water partition coefficient (Wildman–Crippen LogP) is 8.69. The minimum atomic E-state index is -0.518. The molecule has 1 amide bonds. The molecule has 2 aromatic carbocycles. The lowest BCUT2D eigenvalue weighted by molar-refractivity contribution is 0.108. The number of amides is 1. The number of halogens is 1. The fourth-order valence-corrected chi connectivity index (χ4v) is 3.84. The first-order valence-electron chi connectivity index (χ1n) is 12.5. The normalized spacial score (nSPS) is 11.0. The van der Waals surface area contributed by atoms with Gasteiger partial charge in [-0.2, -0.15) is 0 Å². The van der Waals surface area contributed by atoms with Gasteiger partial charge in [-0.3, -0.25) is 9.69 Å². The molecule has 0 aliphatic carbocycles. The number of rotatable bonds is 16. The molecule has 0 aliphatic heterocycles. The average molecular weight is 484 g/mol. The molecular formula is C29H38ClNO3. The molecule has 0 saturated heterocycles. The van der Waals surface area contributed by atoms with Crippen molar-refractivity contribution in [2.24, 2.45) is 0 Å². The number of unbranched alkanes of at least 4 members (excludes halogenated alkanes) is 8. The van der Waals surface area contributed by atoms with Crippen LogP contribution in [0.15, 0.2) is 66.7 Å². The number of ether oxygens (including phenoxy) is 1. The van der Waals surface area contributed by atoms with Crippen molar-refractivity contribution in [2.45, 2.75) is 77.7 Å². The molecule has 0 aliphatic rings. The van der Waals surface area contributed by atoms with Crippen LogP contribution in [0, 0.1) is 0 Å². The van der Waals surface area contributed by atoms with Gasteiger partial charge < -0.3 is 4.74 Å². The van der Waals surface area contributed by atoms with E-state index >= 15 is 0 Å². The van der Waals surface area contributed by atoms with Crippen LogP contribution in [0.2, 0.25) is 0 Å². The zero-order chi connectivity index (χ0) is 24.4. The smallest absolute Gasteiger partial charge is 0.414 e. The Morgan fingerprint density at radius 3 is 2.09 bits per heavy atom. The van der Waals surface area contributed by atoms with Crippen LogP contribution >= 0.6 is 11.6 Å². The Balaban J connectivity index is 1.81. The fourth-order valence-electron chi connectivity index (χ4n) is 3.72. The van der Waals surface area contributed by atoms with Crippen molar-refractivity contribution in [2.75, 3.05) is 11.4 Å². The van der Waals surface area contributed by atoms with E-state index in [0.717, 1.165) is 24.8 Å². The predicted molar refractivity (Wildman–Crippen MR) is 142 cm³/mol. The van der Waals surface area contributed by atoms with Crippen LogP contribution in [0.4, 0.5) is 10.5 Å². The first-order chi connectivity index (χ1) is 16.6. The highest BCUT2D eigenvalue weighted by atomic mass is 35.5. The molecule has 0 bridgehead atoms. The Morgan fingerprint density at radius 2 is 1.44 bits per heavy atom. The number of benzene rings is 2. The number of hydrogen-bond donors (Lipinski definition) is 0. The van der Waals surface area contributed by atoms with Gasteiger partial charge in [0, 0.05) is 17.8 Å². The number of allylic oxidation sites excluding steroid dienone is 2. The SMILES string of the molecule is CCCCCCCCCC=CCCCN(C(=O)OCc1ccccc1)c1ccc(C(=O)Cl)cc1. The molecule has 2 rings (SSSR count). The summed E-state index contributed by atoms with van der Waals surface area (Å²) in [7, 11) is 0. The summed E-state index contributed by atoms with van der Waals surface area (Å²) in [5, 5.41) is -0.518. The molecule has 0 aromatic heterocycles. The first-order valence-corrected chi connectivity index (χ1v) is 12.9. The molecule has 0 saturated carbocycles. The van der Waals surface area contributed by atoms with Crippen molar-refractivity contribution < 1.29 is 14.3 Å². The lowest BCUT2D eigenvalue weighted by Gasteiger charge is -2.22. The Hall–Kier alpha value is -2.59. The van der Waals surface area contributed by atoms with Gasteiger partial charge in [0.05, 0.1) is 0 Å². The van der Waals surface area contributed by atoms with Gasteiger partial charge in [-0.25, -0.2) is 4.79 Å². The van der Waals surface area contributed by atoms with E-state index in [0.29, 0.717) is 17.8 Å². The van der Waals surface area contributed by atoms with Gasteiger partial charge in [-0.05, 0) is 67.1 Å². The lowest BCUT2D eigenvalue weighted by Crippen LogP contribution is -2.32. The van der Waals surface area contributed by atoms with E-state index in [1.165, 1.54) is 44.9 Å². The molecule has 4 nitrogen and oxygen atoms in total. The van der Waals surface area contributed by atoms with Crippen molar-refractivity contribution in [1.82, 2.24) is 0 Å². The third-order valence-corrected chi connectivity index (χ3v) is 5.94. The zero-order valence-corrected chi connectivity index (χ0v) is 21.1. The van der Waals surface area contributed by atoms with Crippen LogP contribution in [0.3, 0.4) is 0 Å². The standard InChI is InChI=1S/C29H38ClNO3/c1-2-3-4-5-6-7-8-9-10-11-12-16-23-31(27-21-19-26(20-22-27)28(30)32)29(33)34-24-25-17-14-13-15-18-25/h10-11,13-15,17-22H,2-9,12,16,23-24H2,1H3. The highest BCUT2D eigenvalue weighted by Crippen LogP contribution is 2.19. The molecular weight excluding hydrogens is 446 g/mol. The summed E-state index contributed by atoms with van der Waals surface area (Å²) in [5.41, 5.74) is 2.02. The Morgan fingerprint density at radius 1 is 0.824 bits per heavy atom. The van der Waals surface area contributed by atoms with Crippen molar-refractivity contribution >= 4 is 28.6 Å². The van der Waals surface area contributed by atoms with Gasteiger partial charge in [0.1, 0.15) is 6.61 Å². The molecule has 184 valence electrons. The van der Waals surface area contributed by atoms with Crippen LogP contribution in [0.1, 0.15) is 87.1 Å². The van der Waals surface area contributed by atoms with Gasteiger partial charge >= 0.3 is 6.09 Å². The highest BCUT2D eigenvalue weighted by Gasteiger charge is 2.17. The zero-order valence-electron chi connectivity index (χ0n) is 20.4. The highest BCUT2D eigenvalue weighted by molar-refractivity contribution is 6.67. The van der Waals surface area contributed by atoms with Gasteiger partial charge in [0.2, 0.25) is 0 Å². The minimum Gasteiger partial charge on any atom is -0.444 e. The molecule has 0 spiro atoms. The molecule has 2 aromatic rings. The molecule has 0 N–H and O–H groups in total. The summed E-state index contributed by atoms with van der Waals surface area (Å²) in [6, 6.07) is 16.3. The molecule has 0 unspecified atom stereocenters. The second-order valence-corrected chi connectivity index (χ2v) is 8.88. The van der Waals surface area contributed by atoms with Crippen molar-refractivity contribution in [1.29, 1.82) is 0 Å². The first kappa shape index (κ1) is 27.7. The molecule has 0 heterocycles. The Bertz CT molecular complexity index is 865. The number of hydrogen-bond acceptors (Lipinski definition) is 3. The third-order valence-electron chi connectivity index (χ3n) is 5.72. The molecule has 0 atom stereocenters. The van der Waals surface area contributed by atoms with Crippen LogP contribution < -0.4 is 4.90 Å². The van der Waals surface area contributed by atoms with Crippen LogP contribution in [0.25, 0.3) is 0 Å². The monoisotopic (exact) mass is 483 g/mol. The third kappa shape index (κ3) is 11.0. The van der Waals surface area contributed by atoms with E-state index in [9.17, 15) is 9.59 Å². The molecule has 0 radical (unpaired) electrons. The maximum Gasteiger partial charge on any atom is 0.414 e. The van der Waals surface area contributed by atoms with Gasteiger partial charge in [-0.15, -0.1) is 0 Å². The van der Waals surface area contributed by atoms with E-state index in [2.05, 4.69) is 19.1 Å². The van der Waals surface area contributed by atoms with Crippen molar-refractivity contribution in [3.05, 3.63) is 77.9 Å². The van der Waals surface area contributed by atoms with Crippen LogP contribution in [-0.2, 0) is 11.3 Å². The Labute approximate surface area is 210 Å². The second-order valence-electron chi connectivity index (χ2n) is 8.54. The number of anilines is 1. The molecule has 5 heteroatoms. The maximum absolute atomic E-state index is 12.9. The molecule has 0 fully saturated rings. The summed E-state index contributed by atoms with van der Waals surface area (Å²) in [6.07, 6.45) is 16.1. The van der Waals surface area contributed by atoms with Crippen LogP contribution in [0.5, 0.6) is 0 Å². The van der Waals surface area contributed by atoms with E-state index in [4.69, 9.17) is 16.3 Å². The average Bonchev–Trinajstić information content (AvgIpc) is 2.86. The van der Waals surface area contributed by atoms with Gasteiger partial charge in [-0.1, -0.05) is 87.9 Å². The topological polar surface area (TPSA) is 46.6 Å². The summed E-state index contributed by atoms with van der Waals surface area (Å²) < 4.78 is 5.56. The minimum absolute atomic E-state index is 0.215. The van der Waals surface area contributed by atoms with Crippen LogP contribution in [-0.4, -0.2) is 17.9 Å². The Kier molecular flexibility index (Phi) is 13.8. The summed E-state index contributed by atoms with van der Waals surface area (Å²) in [6.45, 7) is 2.99. The summed E-state index contributed by atoms with van der Waals surface area (Å²) in [5.74, 6) is 0. The number of carbonyl (C=O) groups excluding carboxylic acids is 2.